The Morgan fingerprint density at radius 2 is 2.26 bits per heavy atom. The number of rotatable bonds is 4. The van der Waals surface area contributed by atoms with Crippen molar-refractivity contribution >= 4 is 5.91 Å². The summed E-state index contributed by atoms with van der Waals surface area (Å²) < 4.78 is 31.6. The number of halogens is 2. The number of hydrogen-bond acceptors (Lipinski definition) is 3. The summed E-state index contributed by atoms with van der Waals surface area (Å²) >= 11 is 0. The molecule has 2 rings (SSSR count). The molecule has 1 aliphatic rings. The molecule has 1 amide bonds. The number of nitrogens with one attached hydrogen (secondary N) is 2. The van der Waals surface area contributed by atoms with Crippen molar-refractivity contribution < 1.29 is 18.3 Å². The van der Waals surface area contributed by atoms with Crippen molar-refractivity contribution in [2.75, 3.05) is 20.2 Å². The van der Waals surface area contributed by atoms with Crippen LogP contribution in [-0.2, 0) is 16.0 Å². The van der Waals surface area contributed by atoms with Crippen LogP contribution >= 0.6 is 0 Å². The first-order chi connectivity index (χ1) is 9.11. The van der Waals surface area contributed by atoms with E-state index in [0.717, 1.165) is 6.07 Å². The van der Waals surface area contributed by atoms with Gasteiger partial charge in [0.25, 0.3) is 0 Å². The van der Waals surface area contributed by atoms with Gasteiger partial charge in [-0.25, -0.2) is 8.78 Å². The molecule has 0 saturated carbocycles. The fraction of sp³-hybridized carbons (Fsp3) is 0.462. The van der Waals surface area contributed by atoms with Gasteiger partial charge in [0.15, 0.2) is 11.6 Å². The second-order valence-corrected chi connectivity index (χ2v) is 4.50. The lowest BCUT2D eigenvalue weighted by molar-refractivity contribution is -0.121. The first kappa shape index (κ1) is 13.9. The van der Waals surface area contributed by atoms with Crippen molar-refractivity contribution in [2.24, 2.45) is 0 Å². The third-order valence-electron chi connectivity index (χ3n) is 3.19. The molecule has 1 aromatic carbocycles. The summed E-state index contributed by atoms with van der Waals surface area (Å²) in [5.74, 6) is -2.26. The number of ether oxygens (including phenoxy) is 1. The molecule has 1 fully saturated rings. The van der Waals surface area contributed by atoms with Gasteiger partial charge in [-0.2, -0.15) is 0 Å². The molecule has 1 aliphatic heterocycles. The van der Waals surface area contributed by atoms with Crippen molar-refractivity contribution in [3.8, 4) is 0 Å². The molecule has 2 unspecified atom stereocenters. The van der Waals surface area contributed by atoms with Gasteiger partial charge in [0.05, 0.1) is 18.6 Å². The van der Waals surface area contributed by atoms with Crippen LogP contribution in [0.1, 0.15) is 5.56 Å². The standard InChI is InChI=1S/C13H16F2N2O2/c1-19-11-7-16-6-10(11)17-12(18)5-8-3-2-4-9(14)13(8)15/h2-4,10-11,16H,5-7H2,1H3,(H,17,18). The predicted molar refractivity (Wildman–Crippen MR) is 65.7 cm³/mol. The molecule has 2 N–H and O–H groups in total. The highest BCUT2D eigenvalue weighted by molar-refractivity contribution is 5.79. The van der Waals surface area contributed by atoms with E-state index >= 15 is 0 Å². The van der Waals surface area contributed by atoms with Gasteiger partial charge in [-0.1, -0.05) is 12.1 Å². The van der Waals surface area contributed by atoms with E-state index in [0.29, 0.717) is 13.1 Å². The van der Waals surface area contributed by atoms with Crippen LogP contribution in [0.25, 0.3) is 0 Å². The Morgan fingerprint density at radius 1 is 1.47 bits per heavy atom. The van der Waals surface area contributed by atoms with Crippen LogP contribution in [0.2, 0.25) is 0 Å². The number of amides is 1. The van der Waals surface area contributed by atoms with E-state index in [1.54, 1.807) is 7.11 Å². The Hall–Kier alpha value is -1.53. The van der Waals surface area contributed by atoms with Crippen molar-refractivity contribution in [3.05, 3.63) is 35.4 Å². The summed E-state index contributed by atoms with van der Waals surface area (Å²) in [6.07, 6.45) is -0.280. The van der Waals surface area contributed by atoms with Crippen LogP contribution in [-0.4, -0.2) is 38.3 Å². The van der Waals surface area contributed by atoms with Crippen LogP contribution in [0.15, 0.2) is 18.2 Å². The zero-order chi connectivity index (χ0) is 13.8. The van der Waals surface area contributed by atoms with Crippen molar-refractivity contribution in [2.45, 2.75) is 18.6 Å². The number of carbonyl (C=O) groups excluding carboxylic acids is 1. The van der Waals surface area contributed by atoms with Gasteiger partial charge in [0, 0.05) is 25.8 Å². The minimum atomic E-state index is -0.967. The van der Waals surface area contributed by atoms with E-state index < -0.39 is 11.6 Å². The van der Waals surface area contributed by atoms with E-state index in [1.165, 1.54) is 12.1 Å². The summed E-state index contributed by atoms with van der Waals surface area (Å²) in [7, 11) is 1.57. The van der Waals surface area contributed by atoms with Gasteiger partial charge < -0.3 is 15.4 Å². The molecule has 1 aromatic rings. The maximum atomic E-state index is 13.4. The van der Waals surface area contributed by atoms with Gasteiger partial charge in [-0.3, -0.25) is 4.79 Å². The smallest absolute Gasteiger partial charge is 0.224 e. The van der Waals surface area contributed by atoms with E-state index in [-0.39, 0.29) is 30.0 Å². The monoisotopic (exact) mass is 270 g/mol. The number of carbonyl (C=O) groups is 1. The molecule has 2 atom stereocenters. The lowest BCUT2D eigenvalue weighted by Crippen LogP contribution is -2.44. The van der Waals surface area contributed by atoms with Crippen LogP contribution in [0.5, 0.6) is 0 Å². The van der Waals surface area contributed by atoms with Crippen LogP contribution in [0.3, 0.4) is 0 Å². The quantitative estimate of drug-likeness (QED) is 0.843. The fourth-order valence-electron chi connectivity index (χ4n) is 2.16. The Bertz CT molecular complexity index is 468. The largest absolute Gasteiger partial charge is 0.378 e. The molecule has 6 heteroatoms. The third kappa shape index (κ3) is 3.27. The first-order valence-electron chi connectivity index (χ1n) is 6.07. The molecule has 0 aliphatic carbocycles. The van der Waals surface area contributed by atoms with Gasteiger partial charge >= 0.3 is 0 Å². The summed E-state index contributed by atoms with van der Waals surface area (Å²) in [5, 5.41) is 5.85. The minimum absolute atomic E-state index is 0.0532. The lowest BCUT2D eigenvalue weighted by Gasteiger charge is -2.18. The molecule has 0 aromatic heterocycles. The van der Waals surface area contributed by atoms with Crippen molar-refractivity contribution in [3.63, 3.8) is 0 Å². The van der Waals surface area contributed by atoms with E-state index in [4.69, 9.17) is 4.74 Å². The maximum absolute atomic E-state index is 13.4. The first-order valence-corrected chi connectivity index (χ1v) is 6.07. The Morgan fingerprint density at radius 3 is 3.00 bits per heavy atom. The third-order valence-corrected chi connectivity index (χ3v) is 3.19. The molecule has 1 heterocycles. The minimum Gasteiger partial charge on any atom is -0.378 e. The highest BCUT2D eigenvalue weighted by Crippen LogP contribution is 2.12. The highest BCUT2D eigenvalue weighted by Gasteiger charge is 2.28. The van der Waals surface area contributed by atoms with E-state index in [2.05, 4.69) is 10.6 Å². The summed E-state index contributed by atoms with van der Waals surface area (Å²) in [6, 6.07) is 3.67. The number of methoxy groups -OCH3 is 1. The molecule has 0 bridgehead atoms. The van der Waals surface area contributed by atoms with Gasteiger partial charge in [-0.05, 0) is 6.07 Å². The maximum Gasteiger partial charge on any atom is 0.224 e. The highest BCUT2D eigenvalue weighted by atomic mass is 19.2. The predicted octanol–water partition coefficient (Wildman–Crippen LogP) is 0.610. The molecule has 0 spiro atoms. The zero-order valence-corrected chi connectivity index (χ0v) is 10.6. The number of hydrogen-bond donors (Lipinski definition) is 2. The fourth-order valence-corrected chi connectivity index (χ4v) is 2.16. The van der Waals surface area contributed by atoms with Gasteiger partial charge in [-0.15, -0.1) is 0 Å². The lowest BCUT2D eigenvalue weighted by atomic mass is 10.1. The second-order valence-electron chi connectivity index (χ2n) is 4.50. The molecular formula is C13H16F2N2O2. The normalized spacial score (nSPS) is 22.5. The Kier molecular flexibility index (Phi) is 4.44. The summed E-state index contributed by atoms with van der Waals surface area (Å²) in [6.45, 7) is 1.27. The Labute approximate surface area is 110 Å². The molecule has 19 heavy (non-hydrogen) atoms. The van der Waals surface area contributed by atoms with Crippen LogP contribution < -0.4 is 10.6 Å². The molecule has 1 saturated heterocycles. The zero-order valence-electron chi connectivity index (χ0n) is 10.6. The SMILES string of the molecule is COC1CNCC1NC(=O)Cc1cccc(F)c1F. The summed E-state index contributed by atoms with van der Waals surface area (Å²) in [4.78, 5) is 11.8. The topological polar surface area (TPSA) is 50.4 Å². The second kappa shape index (κ2) is 6.08. The molecule has 4 nitrogen and oxygen atoms in total. The molecule has 0 radical (unpaired) electrons. The van der Waals surface area contributed by atoms with Crippen LogP contribution in [0.4, 0.5) is 8.78 Å². The molecular weight excluding hydrogens is 254 g/mol. The van der Waals surface area contributed by atoms with Gasteiger partial charge in [0.1, 0.15) is 0 Å². The average molecular weight is 270 g/mol. The molecule has 104 valence electrons. The van der Waals surface area contributed by atoms with Crippen LogP contribution in [0, 0.1) is 11.6 Å². The number of benzene rings is 1. The summed E-state index contributed by atoms with van der Waals surface area (Å²) in [5.41, 5.74) is 0.0532. The van der Waals surface area contributed by atoms with E-state index in [1.807, 2.05) is 0 Å². The van der Waals surface area contributed by atoms with E-state index in [9.17, 15) is 13.6 Å². The Balaban J connectivity index is 1.96. The van der Waals surface area contributed by atoms with Crippen molar-refractivity contribution in [1.29, 1.82) is 0 Å². The van der Waals surface area contributed by atoms with Gasteiger partial charge in [0.2, 0.25) is 5.91 Å². The van der Waals surface area contributed by atoms with Crippen molar-refractivity contribution in [1.82, 2.24) is 10.6 Å². The average Bonchev–Trinajstić information content (AvgIpc) is 2.82.